The average molecular weight is 470 g/mol. The van der Waals surface area contributed by atoms with Crippen LogP contribution in [0, 0.1) is 0 Å². The molecular formula is C20H16BrN5O2S. The van der Waals surface area contributed by atoms with Gasteiger partial charge in [-0.05, 0) is 48.5 Å². The average Bonchev–Trinajstić information content (AvgIpc) is 3.39. The molecule has 146 valence electrons. The highest BCUT2D eigenvalue weighted by Gasteiger charge is 2.17. The van der Waals surface area contributed by atoms with Crippen LogP contribution in [-0.4, -0.2) is 31.4 Å². The summed E-state index contributed by atoms with van der Waals surface area (Å²) >= 11 is 4.69. The Kier molecular flexibility index (Phi) is 6.06. The zero-order valence-corrected chi connectivity index (χ0v) is 17.6. The Morgan fingerprint density at radius 1 is 1.10 bits per heavy atom. The molecule has 0 bridgehead atoms. The molecule has 0 unspecified atom stereocenters. The number of anilines is 1. The Labute approximate surface area is 179 Å². The summed E-state index contributed by atoms with van der Waals surface area (Å²) in [7, 11) is 0. The first-order valence-electron chi connectivity index (χ1n) is 8.74. The Bertz CT molecular complexity index is 1080. The quantitative estimate of drug-likeness (QED) is 0.401. The van der Waals surface area contributed by atoms with Crippen molar-refractivity contribution in [1.29, 1.82) is 0 Å². The lowest BCUT2D eigenvalue weighted by atomic mass is 10.3. The fourth-order valence-electron chi connectivity index (χ4n) is 2.64. The van der Waals surface area contributed by atoms with Crippen molar-refractivity contribution >= 4 is 39.3 Å². The van der Waals surface area contributed by atoms with E-state index in [-0.39, 0.29) is 11.7 Å². The summed E-state index contributed by atoms with van der Waals surface area (Å²) in [4.78, 5) is 16.7. The fraction of sp³-hybridized carbons (Fsp3) is 0.100. The molecule has 4 aromatic rings. The molecule has 0 aliphatic carbocycles. The molecule has 0 aliphatic heterocycles. The first-order chi connectivity index (χ1) is 14.2. The molecule has 4 rings (SSSR count). The zero-order chi connectivity index (χ0) is 20.1. The topological polar surface area (TPSA) is 85.8 Å². The molecule has 1 N–H and O–H groups in total. The maximum atomic E-state index is 12.3. The highest BCUT2D eigenvalue weighted by atomic mass is 79.9. The van der Waals surface area contributed by atoms with Gasteiger partial charge in [0.1, 0.15) is 11.5 Å². The molecule has 3 heterocycles. The standard InChI is InChI=1S/C20H16BrN5O2S/c21-14-6-8-15(9-7-14)23-18(27)13-29-20-25-24-19(17-5-1-2-10-22-17)26(20)12-16-4-3-11-28-16/h1-11H,12-13H2,(H,23,27). The molecule has 0 fully saturated rings. The lowest BCUT2D eigenvalue weighted by Gasteiger charge is -2.09. The van der Waals surface area contributed by atoms with Crippen molar-refractivity contribution in [2.24, 2.45) is 0 Å². The van der Waals surface area contributed by atoms with Gasteiger partial charge in [0.05, 0.1) is 18.6 Å². The number of amides is 1. The normalized spacial score (nSPS) is 10.8. The van der Waals surface area contributed by atoms with Gasteiger partial charge in [-0.2, -0.15) is 0 Å². The van der Waals surface area contributed by atoms with Crippen LogP contribution in [0.1, 0.15) is 5.76 Å². The molecule has 0 atom stereocenters. The van der Waals surface area contributed by atoms with E-state index in [0.29, 0.717) is 23.2 Å². The number of nitrogens with zero attached hydrogens (tertiary/aromatic N) is 4. The maximum Gasteiger partial charge on any atom is 0.234 e. The van der Waals surface area contributed by atoms with Crippen molar-refractivity contribution in [3.63, 3.8) is 0 Å². The molecule has 0 saturated carbocycles. The minimum Gasteiger partial charge on any atom is -0.467 e. The summed E-state index contributed by atoms with van der Waals surface area (Å²) < 4.78 is 8.34. The van der Waals surface area contributed by atoms with Gasteiger partial charge in [0.25, 0.3) is 0 Å². The number of aromatic nitrogens is 4. The molecule has 0 aliphatic rings. The Balaban J connectivity index is 1.51. The van der Waals surface area contributed by atoms with Crippen LogP contribution in [0.4, 0.5) is 5.69 Å². The van der Waals surface area contributed by atoms with E-state index < -0.39 is 0 Å². The van der Waals surface area contributed by atoms with E-state index in [1.165, 1.54) is 11.8 Å². The number of carbonyl (C=O) groups excluding carboxylic acids is 1. The van der Waals surface area contributed by atoms with Crippen LogP contribution in [0.3, 0.4) is 0 Å². The van der Waals surface area contributed by atoms with Crippen molar-refractivity contribution in [2.75, 3.05) is 11.1 Å². The van der Waals surface area contributed by atoms with Crippen molar-refractivity contribution in [2.45, 2.75) is 11.7 Å². The van der Waals surface area contributed by atoms with Gasteiger partial charge >= 0.3 is 0 Å². The summed E-state index contributed by atoms with van der Waals surface area (Å²) in [6, 6.07) is 16.8. The Morgan fingerprint density at radius 2 is 1.97 bits per heavy atom. The van der Waals surface area contributed by atoms with Crippen molar-refractivity contribution in [1.82, 2.24) is 19.7 Å². The number of carbonyl (C=O) groups is 1. The number of hydrogen-bond donors (Lipinski definition) is 1. The number of thioether (sulfide) groups is 1. The number of halogens is 1. The molecular weight excluding hydrogens is 454 g/mol. The molecule has 0 radical (unpaired) electrons. The molecule has 9 heteroatoms. The predicted molar refractivity (Wildman–Crippen MR) is 115 cm³/mol. The van der Waals surface area contributed by atoms with Crippen LogP contribution in [0.2, 0.25) is 0 Å². The Morgan fingerprint density at radius 3 is 2.69 bits per heavy atom. The molecule has 29 heavy (non-hydrogen) atoms. The SMILES string of the molecule is O=C(CSc1nnc(-c2ccccn2)n1Cc1ccco1)Nc1ccc(Br)cc1. The number of hydrogen-bond acceptors (Lipinski definition) is 6. The van der Waals surface area contributed by atoms with E-state index in [2.05, 4.69) is 36.4 Å². The van der Waals surface area contributed by atoms with Gasteiger partial charge in [0, 0.05) is 16.4 Å². The van der Waals surface area contributed by atoms with Crippen LogP contribution in [0.5, 0.6) is 0 Å². The highest BCUT2D eigenvalue weighted by Crippen LogP contribution is 2.24. The third-order valence-electron chi connectivity index (χ3n) is 3.97. The van der Waals surface area contributed by atoms with Gasteiger partial charge < -0.3 is 9.73 Å². The number of pyridine rings is 1. The third-order valence-corrected chi connectivity index (χ3v) is 5.46. The van der Waals surface area contributed by atoms with Crippen molar-refractivity contribution in [3.05, 3.63) is 77.3 Å². The van der Waals surface area contributed by atoms with Gasteiger partial charge in [0.15, 0.2) is 11.0 Å². The third kappa shape index (κ3) is 4.93. The van der Waals surface area contributed by atoms with Gasteiger partial charge in [-0.25, -0.2) is 0 Å². The summed E-state index contributed by atoms with van der Waals surface area (Å²) in [6.07, 6.45) is 3.33. The lowest BCUT2D eigenvalue weighted by Crippen LogP contribution is -2.14. The van der Waals surface area contributed by atoms with E-state index in [1.807, 2.05) is 59.2 Å². The number of furan rings is 1. The van der Waals surface area contributed by atoms with Gasteiger partial charge in [0.2, 0.25) is 5.91 Å². The summed E-state index contributed by atoms with van der Waals surface area (Å²) in [5, 5.41) is 12.1. The predicted octanol–water partition coefficient (Wildman–Crippen LogP) is 4.47. The van der Waals surface area contributed by atoms with Crippen LogP contribution >= 0.6 is 27.7 Å². The number of benzene rings is 1. The number of rotatable bonds is 7. The lowest BCUT2D eigenvalue weighted by molar-refractivity contribution is -0.113. The molecule has 1 aromatic carbocycles. The fourth-order valence-corrected chi connectivity index (χ4v) is 3.64. The van der Waals surface area contributed by atoms with Crippen LogP contribution in [0.25, 0.3) is 11.5 Å². The summed E-state index contributed by atoms with van der Waals surface area (Å²) in [6.45, 7) is 0.447. The Hall–Kier alpha value is -2.91. The maximum absolute atomic E-state index is 12.3. The second-order valence-corrected chi connectivity index (χ2v) is 7.89. The first-order valence-corrected chi connectivity index (χ1v) is 10.5. The number of nitrogens with one attached hydrogen (secondary N) is 1. The van der Waals surface area contributed by atoms with Gasteiger partial charge in [-0.15, -0.1) is 10.2 Å². The molecule has 7 nitrogen and oxygen atoms in total. The van der Waals surface area contributed by atoms with E-state index in [1.54, 1.807) is 12.5 Å². The molecule has 0 spiro atoms. The van der Waals surface area contributed by atoms with Crippen LogP contribution < -0.4 is 5.32 Å². The zero-order valence-electron chi connectivity index (χ0n) is 15.2. The minimum atomic E-state index is -0.121. The largest absolute Gasteiger partial charge is 0.467 e. The van der Waals surface area contributed by atoms with E-state index in [4.69, 9.17) is 4.42 Å². The first kappa shape index (κ1) is 19.4. The van der Waals surface area contributed by atoms with E-state index in [0.717, 1.165) is 15.9 Å². The summed E-state index contributed by atoms with van der Waals surface area (Å²) in [5.41, 5.74) is 1.45. The van der Waals surface area contributed by atoms with Gasteiger partial charge in [-0.1, -0.05) is 33.8 Å². The highest BCUT2D eigenvalue weighted by molar-refractivity contribution is 9.10. The summed E-state index contributed by atoms with van der Waals surface area (Å²) in [5.74, 6) is 1.47. The van der Waals surface area contributed by atoms with E-state index >= 15 is 0 Å². The van der Waals surface area contributed by atoms with Gasteiger partial charge in [-0.3, -0.25) is 14.3 Å². The van der Waals surface area contributed by atoms with Crippen molar-refractivity contribution in [3.8, 4) is 11.5 Å². The molecule has 3 aromatic heterocycles. The monoisotopic (exact) mass is 469 g/mol. The minimum absolute atomic E-state index is 0.121. The van der Waals surface area contributed by atoms with Crippen LogP contribution in [0.15, 0.2) is 81.1 Å². The van der Waals surface area contributed by atoms with Crippen molar-refractivity contribution < 1.29 is 9.21 Å². The smallest absolute Gasteiger partial charge is 0.234 e. The molecule has 0 saturated heterocycles. The second kappa shape index (κ2) is 9.06. The van der Waals surface area contributed by atoms with Crippen LogP contribution in [-0.2, 0) is 11.3 Å². The second-order valence-electron chi connectivity index (χ2n) is 6.03. The van der Waals surface area contributed by atoms with E-state index in [9.17, 15) is 4.79 Å². The molecule has 1 amide bonds.